The maximum absolute atomic E-state index is 10.7. The van der Waals surface area contributed by atoms with Gasteiger partial charge in [-0.2, -0.15) is 11.8 Å². The Kier molecular flexibility index (Phi) is 7.00. The van der Waals surface area contributed by atoms with Crippen molar-refractivity contribution in [3.8, 4) is 0 Å². The van der Waals surface area contributed by atoms with E-state index in [0.717, 1.165) is 12.2 Å². The van der Waals surface area contributed by atoms with Gasteiger partial charge in [-0.05, 0) is 18.6 Å². The van der Waals surface area contributed by atoms with Crippen molar-refractivity contribution in [1.29, 1.82) is 0 Å². The van der Waals surface area contributed by atoms with Gasteiger partial charge in [0.1, 0.15) is 9.84 Å². The molecule has 0 unspecified atom stereocenters. The second-order valence-electron chi connectivity index (χ2n) is 3.09. The minimum absolute atomic E-state index is 0.201. The molecule has 0 aliphatic rings. The van der Waals surface area contributed by atoms with Gasteiger partial charge >= 0.3 is 5.97 Å². The van der Waals surface area contributed by atoms with Crippen LogP contribution in [0.3, 0.4) is 0 Å². The van der Waals surface area contributed by atoms with Crippen LogP contribution in [-0.4, -0.2) is 43.0 Å². The SMILES string of the molecule is CS(=O)(=O)CCSCCCCC(=O)O. The van der Waals surface area contributed by atoms with Crippen LogP contribution in [0.2, 0.25) is 0 Å². The molecule has 4 nitrogen and oxygen atoms in total. The monoisotopic (exact) mass is 240 g/mol. The van der Waals surface area contributed by atoms with E-state index in [1.165, 1.54) is 6.26 Å². The molecular formula is C8H16O4S2. The standard InChI is InChI=1S/C8H16O4S2/c1-14(11,12)7-6-13-5-3-2-4-8(9)10/h2-7H2,1H3,(H,9,10). The van der Waals surface area contributed by atoms with Gasteiger partial charge in [-0.3, -0.25) is 4.79 Å². The van der Waals surface area contributed by atoms with Crippen molar-refractivity contribution in [2.75, 3.05) is 23.5 Å². The van der Waals surface area contributed by atoms with Crippen molar-refractivity contribution < 1.29 is 18.3 Å². The molecular weight excluding hydrogens is 224 g/mol. The number of hydrogen-bond acceptors (Lipinski definition) is 4. The lowest BCUT2D eigenvalue weighted by Crippen LogP contribution is -2.05. The van der Waals surface area contributed by atoms with Gasteiger partial charge in [0.25, 0.3) is 0 Å². The lowest BCUT2D eigenvalue weighted by molar-refractivity contribution is -0.137. The lowest BCUT2D eigenvalue weighted by Gasteiger charge is -1.99. The minimum Gasteiger partial charge on any atom is -0.481 e. The van der Waals surface area contributed by atoms with Crippen LogP contribution in [0.5, 0.6) is 0 Å². The first kappa shape index (κ1) is 13.8. The normalized spacial score (nSPS) is 11.5. The molecule has 14 heavy (non-hydrogen) atoms. The summed E-state index contributed by atoms with van der Waals surface area (Å²) in [6, 6.07) is 0. The zero-order valence-electron chi connectivity index (χ0n) is 8.23. The molecule has 0 fully saturated rings. The van der Waals surface area contributed by atoms with Crippen LogP contribution in [0.25, 0.3) is 0 Å². The highest BCUT2D eigenvalue weighted by molar-refractivity contribution is 8.00. The molecule has 0 rings (SSSR count). The molecule has 0 aromatic heterocycles. The number of hydrogen-bond donors (Lipinski definition) is 1. The predicted octanol–water partition coefficient (Wildman–Crippen LogP) is 1.02. The smallest absolute Gasteiger partial charge is 0.303 e. The Morgan fingerprint density at radius 3 is 2.43 bits per heavy atom. The summed E-state index contributed by atoms with van der Waals surface area (Å²) in [6.07, 6.45) is 2.92. The number of rotatable bonds is 8. The third-order valence-corrected chi connectivity index (χ3v) is 3.80. The first-order valence-electron chi connectivity index (χ1n) is 4.39. The quantitative estimate of drug-likeness (QED) is 0.641. The van der Waals surface area contributed by atoms with Crippen molar-refractivity contribution >= 4 is 27.6 Å². The van der Waals surface area contributed by atoms with Crippen molar-refractivity contribution in [3.63, 3.8) is 0 Å². The van der Waals surface area contributed by atoms with E-state index >= 15 is 0 Å². The number of thioether (sulfide) groups is 1. The fourth-order valence-corrected chi connectivity index (χ4v) is 3.09. The Bertz CT molecular complexity index is 259. The first-order valence-corrected chi connectivity index (χ1v) is 7.60. The molecule has 0 aliphatic heterocycles. The highest BCUT2D eigenvalue weighted by atomic mass is 32.2. The molecule has 0 heterocycles. The lowest BCUT2D eigenvalue weighted by atomic mass is 10.3. The summed E-state index contributed by atoms with van der Waals surface area (Å²) in [4.78, 5) is 10.1. The van der Waals surface area contributed by atoms with Crippen LogP contribution < -0.4 is 0 Å². The average Bonchev–Trinajstić information content (AvgIpc) is 2.00. The second kappa shape index (κ2) is 7.11. The molecule has 6 heteroatoms. The fourth-order valence-electron chi connectivity index (χ4n) is 0.793. The molecule has 0 aromatic carbocycles. The van der Waals surface area contributed by atoms with Crippen LogP contribution >= 0.6 is 11.8 Å². The summed E-state index contributed by atoms with van der Waals surface area (Å²) in [5.74, 6) is 0.872. The number of unbranched alkanes of at least 4 members (excludes halogenated alkanes) is 1. The van der Waals surface area contributed by atoms with Gasteiger partial charge in [-0.25, -0.2) is 8.42 Å². The molecule has 0 bridgehead atoms. The highest BCUT2D eigenvalue weighted by Gasteiger charge is 2.01. The Balaban J connectivity index is 3.19. The molecule has 0 radical (unpaired) electrons. The van der Waals surface area contributed by atoms with E-state index < -0.39 is 15.8 Å². The Morgan fingerprint density at radius 2 is 1.93 bits per heavy atom. The van der Waals surface area contributed by atoms with E-state index in [0.29, 0.717) is 12.2 Å². The maximum Gasteiger partial charge on any atom is 0.303 e. The Morgan fingerprint density at radius 1 is 1.29 bits per heavy atom. The van der Waals surface area contributed by atoms with E-state index in [-0.39, 0.29) is 12.2 Å². The van der Waals surface area contributed by atoms with Gasteiger partial charge < -0.3 is 5.11 Å². The maximum atomic E-state index is 10.7. The predicted molar refractivity (Wildman–Crippen MR) is 58.5 cm³/mol. The van der Waals surface area contributed by atoms with Gasteiger partial charge in [-0.15, -0.1) is 0 Å². The van der Waals surface area contributed by atoms with E-state index in [1.807, 2.05) is 0 Å². The first-order chi connectivity index (χ1) is 6.42. The molecule has 0 aliphatic carbocycles. The zero-order valence-corrected chi connectivity index (χ0v) is 9.86. The van der Waals surface area contributed by atoms with Gasteiger partial charge in [0.05, 0.1) is 5.75 Å². The van der Waals surface area contributed by atoms with Crippen molar-refractivity contribution in [3.05, 3.63) is 0 Å². The van der Waals surface area contributed by atoms with E-state index in [9.17, 15) is 13.2 Å². The van der Waals surface area contributed by atoms with E-state index in [1.54, 1.807) is 11.8 Å². The third-order valence-electron chi connectivity index (χ3n) is 1.53. The minimum atomic E-state index is -2.85. The third kappa shape index (κ3) is 11.8. The van der Waals surface area contributed by atoms with Crippen LogP contribution in [0.1, 0.15) is 19.3 Å². The highest BCUT2D eigenvalue weighted by Crippen LogP contribution is 2.06. The summed E-state index contributed by atoms with van der Waals surface area (Å²) < 4.78 is 21.4. The zero-order chi connectivity index (χ0) is 11.0. The molecule has 0 atom stereocenters. The van der Waals surface area contributed by atoms with E-state index in [2.05, 4.69) is 0 Å². The van der Waals surface area contributed by atoms with Gasteiger partial charge in [0.2, 0.25) is 0 Å². The molecule has 0 saturated carbocycles. The number of carboxylic acid groups (broad SMARTS) is 1. The topological polar surface area (TPSA) is 71.4 Å². The van der Waals surface area contributed by atoms with Crippen molar-refractivity contribution in [2.24, 2.45) is 0 Å². The Hall–Kier alpha value is -0.230. The van der Waals surface area contributed by atoms with Gasteiger partial charge in [0.15, 0.2) is 0 Å². The molecule has 0 saturated heterocycles. The van der Waals surface area contributed by atoms with Crippen LogP contribution in [0.15, 0.2) is 0 Å². The fraction of sp³-hybridized carbons (Fsp3) is 0.875. The summed E-state index contributed by atoms with van der Waals surface area (Å²) >= 11 is 1.56. The number of aliphatic carboxylic acids is 1. The molecule has 0 spiro atoms. The van der Waals surface area contributed by atoms with Crippen molar-refractivity contribution in [1.82, 2.24) is 0 Å². The summed E-state index contributed by atoms with van der Waals surface area (Å²) in [6.45, 7) is 0. The summed E-state index contributed by atoms with van der Waals surface area (Å²) in [5.41, 5.74) is 0. The average molecular weight is 240 g/mol. The van der Waals surface area contributed by atoms with E-state index in [4.69, 9.17) is 5.11 Å². The van der Waals surface area contributed by atoms with Crippen molar-refractivity contribution in [2.45, 2.75) is 19.3 Å². The van der Waals surface area contributed by atoms with Crippen LogP contribution in [0.4, 0.5) is 0 Å². The van der Waals surface area contributed by atoms with Crippen LogP contribution in [0, 0.1) is 0 Å². The largest absolute Gasteiger partial charge is 0.481 e. The molecule has 0 amide bonds. The van der Waals surface area contributed by atoms with Crippen LogP contribution in [-0.2, 0) is 14.6 Å². The number of carboxylic acids is 1. The number of carbonyl (C=O) groups is 1. The van der Waals surface area contributed by atoms with Gasteiger partial charge in [0, 0.05) is 18.4 Å². The molecule has 1 N–H and O–H groups in total. The second-order valence-corrected chi connectivity index (χ2v) is 6.58. The Labute approximate surface area is 89.0 Å². The number of sulfone groups is 1. The summed E-state index contributed by atoms with van der Waals surface area (Å²) in [5, 5.41) is 8.34. The summed E-state index contributed by atoms with van der Waals surface area (Å²) in [7, 11) is -2.85. The molecule has 84 valence electrons. The molecule has 0 aromatic rings. The van der Waals surface area contributed by atoms with Gasteiger partial charge in [-0.1, -0.05) is 0 Å².